The minimum atomic E-state index is -1.40. The average Bonchev–Trinajstić information content (AvgIpc) is 1.59. The van der Waals surface area contributed by atoms with Gasteiger partial charge in [-0.25, -0.2) is 43.7 Å². The molecule has 0 radical (unpaired) electrons. The number of anilines is 1. The van der Waals surface area contributed by atoms with E-state index in [1.165, 1.54) is 44.8 Å². The van der Waals surface area contributed by atoms with Gasteiger partial charge < -0.3 is 24.9 Å². The van der Waals surface area contributed by atoms with E-state index in [1.54, 1.807) is 135 Å². The highest BCUT2D eigenvalue weighted by molar-refractivity contribution is 9.10. The van der Waals surface area contributed by atoms with E-state index < -0.39 is 54.7 Å². The number of pyridine rings is 2. The normalized spacial score (nSPS) is 17.8. The Labute approximate surface area is 699 Å². The summed E-state index contributed by atoms with van der Waals surface area (Å²) in [5.41, 5.74) is 8.73. The number of Topliss-reactive ketones (excluding diaryl/α,β-unsaturated/α-hetero) is 5. The van der Waals surface area contributed by atoms with Gasteiger partial charge in [0.15, 0.2) is 28.9 Å². The summed E-state index contributed by atoms with van der Waals surface area (Å²) in [5.74, 6) is -0.639. The van der Waals surface area contributed by atoms with Crippen LogP contribution in [-0.2, 0) is 67.8 Å². The number of alkyl halides is 2. The molecular formula is C85H83BrClF2N21O10. The average molecular weight is 1710 g/mol. The summed E-state index contributed by atoms with van der Waals surface area (Å²) in [4.78, 5) is 170. The van der Waals surface area contributed by atoms with Crippen LogP contribution in [0.15, 0.2) is 133 Å². The number of amides is 5. The van der Waals surface area contributed by atoms with Gasteiger partial charge in [-0.1, -0.05) is 29.8 Å². The van der Waals surface area contributed by atoms with Crippen LogP contribution >= 0.6 is 27.5 Å². The lowest BCUT2D eigenvalue weighted by atomic mass is 9.97. The summed E-state index contributed by atoms with van der Waals surface area (Å²) in [6, 6.07) is 22.1. The predicted octanol–water partition coefficient (Wildman–Crippen LogP) is 10.6. The molecule has 12 aromatic rings. The summed E-state index contributed by atoms with van der Waals surface area (Å²) in [5, 5.41) is 22.6. The molecule has 12 heterocycles. The molecule has 35 heteroatoms. The van der Waals surface area contributed by atoms with Crippen LogP contribution in [0.3, 0.4) is 0 Å². The highest BCUT2D eigenvalue weighted by Gasteiger charge is 2.56. The molecule has 9 aromatic heterocycles. The maximum atomic E-state index is 14.6. The fourth-order valence-electron chi connectivity index (χ4n) is 15.5. The molecule has 4 fully saturated rings. The van der Waals surface area contributed by atoms with Crippen molar-refractivity contribution in [2.45, 2.75) is 157 Å². The first-order valence-electron chi connectivity index (χ1n) is 38.8. The molecule has 1 N–H and O–H groups in total. The van der Waals surface area contributed by atoms with E-state index in [-0.39, 0.29) is 121 Å². The van der Waals surface area contributed by atoms with Crippen molar-refractivity contribution in [3.8, 4) is 33.4 Å². The Bertz CT molecular complexity index is 6070. The summed E-state index contributed by atoms with van der Waals surface area (Å²) in [6.45, 7) is 13.0. The van der Waals surface area contributed by atoms with Crippen LogP contribution in [0.5, 0.6) is 0 Å². The highest BCUT2D eigenvalue weighted by atomic mass is 79.9. The molecule has 0 spiro atoms. The highest BCUT2D eigenvalue weighted by Crippen LogP contribution is 2.48. The lowest BCUT2D eigenvalue weighted by Crippen LogP contribution is -2.45. The topological polar surface area (TPSA) is 370 Å². The molecule has 120 heavy (non-hydrogen) atoms. The van der Waals surface area contributed by atoms with E-state index in [2.05, 4.69) is 81.5 Å². The van der Waals surface area contributed by atoms with Crippen molar-refractivity contribution in [3.63, 3.8) is 0 Å². The van der Waals surface area contributed by atoms with Crippen molar-refractivity contribution in [3.05, 3.63) is 195 Å². The molecule has 7 atom stereocenters. The predicted molar refractivity (Wildman–Crippen MR) is 442 cm³/mol. The number of nitrogens with zero attached hydrogens (tertiary/aromatic N) is 20. The molecule has 0 bridgehead atoms. The van der Waals surface area contributed by atoms with Gasteiger partial charge in [0, 0.05) is 158 Å². The Morgan fingerprint density at radius 3 is 1.52 bits per heavy atom. The Balaban J connectivity index is 0.000000148. The number of hydrogen-bond donors (Lipinski definition) is 1. The second-order valence-corrected chi connectivity index (χ2v) is 31.7. The standard InChI is InChI=1S/C29H28BrFN8O4.C28H26ClFN6O3.C28H29N7O3/c1-15(40)27-21-9-19(17-11-32-16(2)33-12-17)20(29(43)37(3)4)10-22(21)39(36-27)14-26(41)38-13-18(31)8-23(38)28(42)35-25-7-5-6-24(30)34-25;1-15-6-20(29)8-22(33-15)10-26(38)25-9-21(30)13-35(25)27(39)14-36-24-5-4-18(19-11-31-17(3)32-12-19)7-23(24)28(34-36)16(2)37;1-4-33-8-7-21(31-33)12-26(37)25-11-19-10-24(19)35(25)27(38)15-34-23-6-5-18(20-13-29-17(3)30-14-20)9-22(23)28(32-34)16(2)36/h5-7,9-12,18,23H,8,13-14H2,1-4H3,(H,34,35,42);4-8,11-12,21,25H,9-10,13-14H2,1-3H3;5-9,13-14,19,24-25H,4,10-12,15H2,1-3H3/t18-,23+;21-,25+;19-,24-,25+/m111/s1. The molecule has 5 amide bonds. The smallest absolute Gasteiger partial charge is 0.254 e. The van der Waals surface area contributed by atoms with E-state index in [4.69, 9.17) is 11.6 Å². The van der Waals surface area contributed by atoms with Gasteiger partial charge in [-0.15, -0.1) is 0 Å². The maximum Gasteiger partial charge on any atom is 0.254 e. The second-order valence-electron chi connectivity index (χ2n) is 30.4. The first-order valence-corrected chi connectivity index (χ1v) is 40.0. The van der Waals surface area contributed by atoms with Gasteiger partial charge in [0.1, 0.15) is 83.0 Å². The van der Waals surface area contributed by atoms with E-state index in [9.17, 15) is 56.7 Å². The molecule has 616 valence electrons. The molecule has 4 aliphatic rings. The molecule has 0 unspecified atom stereocenters. The maximum absolute atomic E-state index is 14.6. The zero-order chi connectivity index (χ0) is 85.4. The number of ketones is 5. The van der Waals surface area contributed by atoms with Gasteiger partial charge in [0.25, 0.3) is 5.91 Å². The summed E-state index contributed by atoms with van der Waals surface area (Å²) >= 11 is 9.33. The van der Waals surface area contributed by atoms with Crippen molar-refractivity contribution in [1.82, 2.24) is 98.6 Å². The summed E-state index contributed by atoms with van der Waals surface area (Å²) in [7, 11) is 3.22. The Morgan fingerprint density at radius 1 is 0.525 bits per heavy atom. The third-order valence-corrected chi connectivity index (χ3v) is 22.1. The Morgan fingerprint density at radius 2 is 1.02 bits per heavy atom. The van der Waals surface area contributed by atoms with Gasteiger partial charge in [-0.05, 0) is 153 Å². The van der Waals surface area contributed by atoms with Crippen molar-refractivity contribution in [1.29, 1.82) is 0 Å². The lowest BCUT2D eigenvalue weighted by Gasteiger charge is -2.26. The molecule has 1 saturated carbocycles. The Kier molecular flexibility index (Phi) is 24.4. The minimum Gasteiger partial charge on any atom is -0.345 e. The molecular weight excluding hydrogens is 1630 g/mol. The number of aryl methyl sites for hydroxylation is 5. The quantitative estimate of drug-likeness (QED) is 0.0486. The zero-order valence-electron chi connectivity index (χ0n) is 67.2. The minimum absolute atomic E-state index is 0.0200. The number of likely N-dealkylation sites (tertiary alicyclic amines) is 3. The number of nitrogens with one attached hydrogen (secondary N) is 1. The lowest BCUT2D eigenvalue weighted by molar-refractivity contribution is -0.139. The van der Waals surface area contributed by atoms with Crippen LogP contribution in [0.2, 0.25) is 5.02 Å². The number of carbonyl (C=O) groups is 10. The molecule has 16 rings (SSSR count). The monoisotopic (exact) mass is 1710 g/mol. The third-order valence-electron chi connectivity index (χ3n) is 21.5. The number of fused-ring (bicyclic) bond motifs is 4. The number of hydrogen-bond acceptors (Lipinski definition) is 22. The second kappa shape index (κ2) is 35.0. The van der Waals surface area contributed by atoms with Crippen LogP contribution in [0.4, 0.5) is 14.6 Å². The summed E-state index contributed by atoms with van der Waals surface area (Å²) in [6.07, 6.45) is 10.7. The van der Waals surface area contributed by atoms with E-state index >= 15 is 0 Å². The number of carbonyl (C=O) groups excluding carboxylic acids is 10. The van der Waals surface area contributed by atoms with Gasteiger partial charge in [0.05, 0.1) is 60.3 Å². The van der Waals surface area contributed by atoms with Crippen molar-refractivity contribution in [2.75, 3.05) is 32.5 Å². The molecule has 3 saturated heterocycles. The Hall–Kier alpha value is -12.9. The van der Waals surface area contributed by atoms with Crippen molar-refractivity contribution in [2.24, 2.45) is 5.92 Å². The largest absolute Gasteiger partial charge is 0.345 e. The fourth-order valence-corrected chi connectivity index (χ4v) is 16.1. The van der Waals surface area contributed by atoms with Crippen LogP contribution in [0.25, 0.3) is 66.1 Å². The number of halogens is 4. The first kappa shape index (κ1) is 83.6. The van der Waals surface area contributed by atoms with Gasteiger partial charge in [-0.3, -0.25) is 71.7 Å². The van der Waals surface area contributed by atoms with Crippen LogP contribution < -0.4 is 5.32 Å². The van der Waals surface area contributed by atoms with Crippen LogP contribution in [0.1, 0.15) is 130 Å². The zero-order valence-corrected chi connectivity index (χ0v) is 69.5. The van der Waals surface area contributed by atoms with Crippen LogP contribution in [-0.4, -0.2) is 221 Å². The SMILES string of the molecule is CC(=O)c1nn(CC(=O)N2C[C@H](F)C[C@H]2C(=O)Cc2cc(Cl)cc(C)n2)c2ccc(-c3cnc(C)nc3)cc12.CC(=O)c1nn(CC(=O)N2C[C@H](F)C[C@H]2C(=O)Nc2cccc(Br)n2)c2cc(C(=O)N(C)C)c(-c3cnc(C)nc3)cc12.CCn1ccc(CC(=O)[C@@H]2C[C@H]3C[C@H]3N2C(=O)Cn2nc(C(C)=O)c3cc(-c4cnc(C)nc4)ccc32)n1. The number of aromatic nitrogens is 16. The van der Waals surface area contributed by atoms with Crippen molar-refractivity contribution < 1.29 is 56.7 Å². The molecule has 1 aliphatic carbocycles. The number of piperidine rings is 1. The number of rotatable bonds is 22. The van der Waals surface area contributed by atoms with Gasteiger partial charge in [-0.2, -0.15) is 20.4 Å². The van der Waals surface area contributed by atoms with E-state index in [0.29, 0.717) is 100 Å². The number of benzene rings is 3. The van der Waals surface area contributed by atoms with Gasteiger partial charge in [0.2, 0.25) is 23.6 Å². The van der Waals surface area contributed by atoms with Crippen molar-refractivity contribution >= 4 is 125 Å². The third kappa shape index (κ3) is 18.2. The van der Waals surface area contributed by atoms with Gasteiger partial charge >= 0.3 is 0 Å². The molecule has 31 nitrogen and oxygen atoms in total. The molecule has 3 aliphatic heterocycles. The van der Waals surface area contributed by atoms with E-state index in [1.807, 2.05) is 56.4 Å². The molecule has 3 aromatic carbocycles. The first-order chi connectivity index (χ1) is 57.3. The fraction of sp³-hybridized carbons (Fsp3) is 0.341. The van der Waals surface area contributed by atoms with E-state index in [0.717, 1.165) is 40.9 Å². The van der Waals surface area contributed by atoms with Crippen LogP contribution in [0, 0.1) is 33.6 Å². The summed E-state index contributed by atoms with van der Waals surface area (Å²) < 4.78 is 35.7.